The minimum atomic E-state index is -0.801. The van der Waals surface area contributed by atoms with Crippen LogP contribution in [0.1, 0.15) is 0 Å². The summed E-state index contributed by atoms with van der Waals surface area (Å²) >= 11 is 0. The molecule has 0 bridgehead atoms. The lowest BCUT2D eigenvalue weighted by Crippen LogP contribution is -2.35. The van der Waals surface area contributed by atoms with E-state index in [2.05, 4.69) is 18.9 Å². The second kappa shape index (κ2) is 16.3. The third-order valence-electron chi connectivity index (χ3n) is 5.13. The van der Waals surface area contributed by atoms with Crippen LogP contribution < -0.4 is 0 Å². The first-order valence-electron chi connectivity index (χ1n) is 10.6. The summed E-state index contributed by atoms with van der Waals surface area (Å²) < 4.78 is 47.8. The highest BCUT2D eigenvalue weighted by atomic mass is 16.8. The summed E-state index contributed by atoms with van der Waals surface area (Å²) in [4.78, 5) is 31.7. The van der Waals surface area contributed by atoms with Gasteiger partial charge in [-0.1, -0.05) is 0 Å². The number of hydrogen-bond acceptors (Lipinski definition) is 16. The Hall–Kier alpha value is -2.47. The van der Waals surface area contributed by atoms with Crippen molar-refractivity contribution in [3.8, 4) is 0 Å². The van der Waals surface area contributed by atoms with Crippen molar-refractivity contribution in [3.05, 3.63) is 0 Å². The molecule has 0 amide bonds. The number of carbonyl (C=O) groups excluding carboxylic acids is 3. The highest BCUT2D eigenvalue weighted by Gasteiger charge is 2.51. The highest BCUT2D eigenvalue weighted by Crippen LogP contribution is 2.31. The Balaban J connectivity index is 0.000000301. The summed E-state index contributed by atoms with van der Waals surface area (Å²) in [6.45, 7) is 0.912. The molecule has 16 nitrogen and oxygen atoms in total. The summed E-state index contributed by atoms with van der Waals surface area (Å²) in [6.07, 6.45) is -6.00. The summed E-state index contributed by atoms with van der Waals surface area (Å²) in [5.41, 5.74) is 0. The Bertz CT molecular complexity index is 620. The third kappa shape index (κ3) is 8.88. The maximum absolute atomic E-state index is 11.0. The minimum Gasteiger partial charge on any atom is -0.438 e. The molecule has 8 atom stereocenters. The monoisotopic (exact) mass is 530 g/mol. The average molecular weight is 530 g/mol. The molecule has 0 radical (unpaired) electrons. The Labute approximate surface area is 207 Å². The van der Waals surface area contributed by atoms with Crippen LogP contribution in [0.15, 0.2) is 0 Å². The average Bonchev–Trinajstić information content (AvgIpc) is 3.67. The van der Waals surface area contributed by atoms with E-state index >= 15 is 0 Å². The Morgan fingerprint density at radius 2 is 0.861 bits per heavy atom. The smallest absolute Gasteiger partial charge is 0.438 e. The van der Waals surface area contributed by atoms with Gasteiger partial charge in [-0.25, -0.2) is 14.4 Å². The van der Waals surface area contributed by atoms with Gasteiger partial charge < -0.3 is 62.7 Å². The molecule has 210 valence electrons. The molecule has 0 spiro atoms. The van der Waals surface area contributed by atoms with Crippen LogP contribution in [0.4, 0.5) is 14.4 Å². The van der Waals surface area contributed by atoms with E-state index in [-0.39, 0.29) is 38.6 Å². The lowest BCUT2D eigenvalue weighted by atomic mass is 10.1. The Morgan fingerprint density at radius 3 is 1.14 bits per heavy atom. The quantitative estimate of drug-likeness (QED) is 0.277. The van der Waals surface area contributed by atoms with Crippen molar-refractivity contribution in [3.63, 3.8) is 0 Å². The molecule has 4 fully saturated rings. The molecule has 4 saturated heterocycles. The zero-order chi connectivity index (χ0) is 27.3. The fourth-order valence-corrected chi connectivity index (χ4v) is 3.52. The number of carbonyl (C=O) groups is 3. The van der Waals surface area contributed by atoms with Crippen molar-refractivity contribution in [2.45, 2.75) is 48.8 Å². The molecule has 0 aromatic rings. The molecule has 0 saturated carbocycles. The number of aliphatic hydroxyl groups is 3. The predicted molar refractivity (Wildman–Crippen MR) is 113 cm³/mol. The molecule has 4 rings (SSSR count). The SMILES string of the molecule is CO.COC(=O)OC.COC(=O)O[C@H]1CO[C@H]2[C@@H]1OC[C@H]2OC(=O)OC.O[C@@H]1CO[C@H]2[C@@H]1OC[C@@H]2O. The lowest BCUT2D eigenvalue weighted by Gasteiger charge is -2.16. The number of fused-ring (bicyclic) bond motifs is 2. The van der Waals surface area contributed by atoms with Crippen LogP contribution in [0.2, 0.25) is 0 Å². The Morgan fingerprint density at radius 1 is 0.556 bits per heavy atom. The topological polar surface area (TPSA) is 204 Å². The number of rotatable bonds is 2. The van der Waals surface area contributed by atoms with Crippen molar-refractivity contribution in [1.82, 2.24) is 0 Å². The van der Waals surface area contributed by atoms with Crippen LogP contribution in [-0.2, 0) is 47.4 Å². The second-order valence-corrected chi connectivity index (χ2v) is 7.21. The molecule has 0 aromatic carbocycles. The molecule has 3 N–H and O–H groups in total. The van der Waals surface area contributed by atoms with E-state index in [0.717, 1.165) is 7.11 Å². The highest BCUT2D eigenvalue weighted by molar-refractivity contribution is 5.60. The van der Waals surface area contributed by atoms with Gasteiger partial charge in [0.15, 0.2) is 12.2 Å². The van der Waals surface area contributed by atoms with E-state index in [0.29, 0.717) is 0 Å². The summed E-state index contributed by atoms with van der Waals surface area (Å²) in [5, 5.41) is 25.3. The van der Waals surface area contributed by atoms with Gasteiger partial charge >= 0.3 is 18.5 Å². The summed E-state index contributed by atoms with van der Waals surface area (Å²) in [6, 6.07) is 0. The normalized spacial score (nSPS) is 33.0. The van der Waals surface area contributed by atoms with Gasteiger partial charge in [0.25, 0.3) is 0 Å². The number of methoxy groups -OCH3 is 4. The van der Waals surface area contributed by atoms with Crippen LogP contribution in [0, 0.1) is 0 Å². The van der Waals surface area contributed by atoms with E-state index in [1.165, 1.54) is 28.4 Å². The van der Waals surface area contributed by atoms with Gasteiger partial charge in [-0.2, -0.15) is 0 Å². The van der Waals surface area contributed by atoms with Crippen molar-refractivity contribution in [2.75, 3.05) is 62.0 Å². The van der Waals surface area contributed by atoms with Gasteiger partial charge in [-0.15, -0.1) is 0 Å². The number of hydrogen-bond donors (Lipinski definition) is 3. The maximum Gasteiger partial charge on any atom is 0.508 e. The molecule has 4 aliphatic rings. The van der Waals surface area contributed by atoms with Crippen molar-refractivity contribution >= 4 is 18.5 Å². The predicted octanol–water partition coefficient (Wildman–Crippen LogP) is -1.40. The van der Waals surface area contributed by atoms with Crippen LogP contribution in [0.5, 0.6) is 0 Å². The first kappa shape index (κ1) is 31.6. The third-order valence-corrected chi connectivity index (χ3v) is 5.13. The van der Waals surface area contributed by atoms with Gasteiger partial charge in [-0.05, 0) is 0 Å². The van der Waals surface area contributed by atoms with Crippen molar-refractivity contribution in [2.24, 2.45) is 0 Å². The Kier molecular flexibility index (Phi) is 14.3. The molecule has 36 heavy (non-hydrogen) atoms. The number of aliphatic hydroxyl groups excluding tert-OH is 3. The maximum atomic E-state index is 11.0. The van der Waals surface area contributed by atoms with Crippen LogP contribution in [0.3, 0.4) is 0 Å². The molecule has 0 unspecified atom stereocenters. The van der Waals surface area contributed by atoms with Gasteiger partial charge in [0, 0.05) is 7.11 Å². The van der Waals surface area contributed by atoms with Crippen molar-refractivity contribution in [1.29, 1.82) is 0 Å². The fraction of sp³-hybridized carbons (Fsp3) is 0.850. The standard InChI is InChI=1S/C10H14O8.C6H10O4.C3H6O3.CH4O/c1-13-9(11)17-5-3-15-8-6(4-16-7(5)8)18-10(12)14-2;7-3-1-9-6-4(8)2-10-5(3)6;1-5-3(4)6-2;1-2/h5-8H,3-4H2,1-2H3;3-8H,1-2H2;1-2H3;2H,1H3/t5-,6+,7-,8-;3-,4+,5-,6-;;/m11../s1. The zero-order valence-electron chi connectivity index (χ0n) is 20.6. The molecule has 16 heteroatoms. The van der Waals surface area contributed by atoms with Gasteiger partial charge in [0.2, 0.25) is 0 Å². The lowest BCUT2D eigenvalue weighted by molar-refractivity contribution is -0.0364. The summed E-state index contributed by atoms with van der Waals surface area (Å²) in [5.74, 6) is 0. The largest absolute Gasteiger partial charge is 0.508 e. The van der Waals surface area contributed by atoms with Crippen LogP contribution in [0.25, 0.3) is 0 Å². The molecule has 4 heterocycles. The van der Waals surface area contributed by atoms with Gasteiger partial charge in [-0.3, -0.25) is 0 Å². The second-order valence-electron chi connectivity index (χ2n) is 7.21. The first-order valence-corrected chi connectivity index (χ1v) is 10.6. The van der Waals surface area contributed by atoms with Crippen LogP contribution in [-0.4, -0.2) is 145 Å². The zero-order valence-corrected chi connectivity index (χ0v) is 20.6. The molecular formula is C20H34O16. The molecule has 0 aliphatic carbocycles. The van der Waals surface area contributed by atoms with E-state index in [1.807, 2.05) is 0 Å². The van der Waals surface area contributed by atoms with Crippen LogP contribution >= 0.6 is 0 Å². The minimum absolute atomic E-state index is 0.172. The van der Waals surface area contributed by atoms with Crippen molar-refractivity contribution < 1.29 is 77.1 Å². The summed E-state index contributed by atoms with van der Waals surface area (Å²) in [7, 11) is 5.94. The van der Waals surface area contributed by atoms with E-state index in [9.17, 15) is 14.4 Å². The molecule has 0 aromatic heterocycles. The van der Waals surface area contributed by atoms with E-state index < -0.39 is 55.1 Å². The van der Waals surface area contributed by atoms with E-state index in [4.69, 9.17) is 43.7 Å². The van der Waals surface area contributed by atoms with Gasteiger partial charge in [0.05, 0.1) is 54.9 Å². The molecule has 4 aliphatic heterocycles. The van der Waals surface area contributed by atoms with E-state index in [1.54, 1.807) is 0 Å². The van der Waals surface area contributed by atoms with Gasteiger partial charge in [0.1, 0.15) is 36.6 Å². The number of ether oxygens (including phenoxy) is 10. The fourth-order valence-electron chi connectivity index (χ4n) is 3.52. The molecular weight excluding hydrogens is 496 g/mol. The first-order chi connectivity index (χ1) is 17.2.